The number of rotatable bonds is 4. The molecule has 0 fully saturated rings. The molecule has 26 heavy (non-hydrogen) atoms. The highest BCUT2D eigenvalue weighted by Crippen LogP contribution is 2.33. The Hall–Kier alpha value is -2.99. The van der Waals surface area contributed by atoms with Gasteiger partial charge in [0.2, 0.25) is 5.88 Å². The predicted molar refractivity (Wildman–Crippen MR) is 102 cm³/mol. The maximum atomic E-state index is 10.2. The number of aromatic hydroxyl groups is 1. The maximum absolute atomic E-state index is 10.2. The lowest BCUT2D eigenvalue weighted by Gasteiger charge is -2.07. The third kappa shape index (κ3) is 3.23. The summed E-state index contributed by atoms with van der Waals surface area (Å²) in [4.78, 5) is 20.2. The van der Waals surface area contributed by atoms with E-state index < -0.39 is 0 Å². The zero-order valence-electron chi connectivity index (χ0n) is 14.0. The number of imidazole rings is 1. The third-order valence-corrected chi connectivity index (χ3v) is 4.42. The Balaban J connectivity index is 1.60. The maximum Gasteiger partial charge on any atom is 0.237 e. The Labute approximate surface area is 155 Å². The normalized spacial score (nSPS) is 15.4. The van der Waals surface area contributed by atoms with Crippen molar-refractivity contribution in [2.45, 2.75) is 19.3 Å². The van der Waals surface area contributed by atoms with Crippen LogP contribution in [0.3, 0.4) is 0 Å². The number of aromatic amines is 1. The van der Waals surface area contributed by atoms with E-state index in [2.05, 4.69) is 24.9 Å². The Morgan fingerprint density at radius 1 is 1.31 bits per heavy atom. The van der Waals surface area contributed by atoms with E-state index in [0.717, 1.165) is 23.3 Å². The van der Waals surface area contributed by atoms with Crippen LogP contribution in [0.4, 0.5) is 5.82 Å². The molecule has 7 heteroatoms. The minimum Gasteiger partial charge on any atom is -0.492 e. The number of allylic oxidation sites excluding steroid dienone is 1. The van der Waals surface area contributed by atoms with Gasteiger partial charge in [0.15, 0.2) is 5.82 Å². The standard InChI is InChI=1S/C19H16ClN5O/c1-11(6-14-4-2-3-5-21-14)17-24-16(19(26)25-17)7-12-9-22-18-15(12)8-13(20)10-23-18/h2-5,7-11,26H,6H2,1H3,(H,24,25). The second-order valence-corrected chi connectivity index (χ2v) is 6.60. The van der Waals surface area contributed by atoms with Crippen molar-refractivity contribution < 1.29 is 5.11 Å². The van der Waals surface area contributed by atoms with Gasteiger partial charge in [-0.2, -0.15) is 4.98 Å². The van der Waals surface area contributed by atoms with Crippen molar-refractivity contribution in [3.63, 3.8) is 0 Å². The topological polar surface area (TPSA) is 87.1 Å². The van der Waals surface area contributed by atoms with Crippen LogP contribution in [0.1, 0.15) is 35.6 Å². The summed E-state index contributed by atoms with van der Waals surface area (Å²) in [7, 11) is 0. The first kappa shape index (κ1) is 16.5. The van der Waals surface area contributed by atoms with Crippen molar-refractivity contribution in [2.24, 2.45) is 4.99 Å². The number of hydrogen-bond acceptors (Lipinski definition) is 5. The van der Waals surface area contributed by atoms with E-state index in [-0.39, 0.29) is 11.8 Å². The zero-order valence-corrected chi connectivity index (χ0v) is 14.8. The minimum absolute atomic E-state index is 0.0443. The number of aromatic nitrogens is 4. The van der Waals surface area contributed by atoms with E-state index in [0.29, 0.717) is 22.4 Å². The monoisotopic (exact) mass is 365 g/mol. The fourth-order valence-electron chi connectivity index (χ4n) is 2.88. The molecule has 6 nitrogen and oxygen atoms in total. The molecular formula is C19H16ClN5O. The highest BCUT2D eigenvalue weighted by Gasteiger charge is 2.18. The fourth-order valence-corrected chi connectivity index (χ4v) is 3.04. The van der Waals surface area contributed by atoms with Crippen LogP contribution >= 0.6 is 11.6 Å². The molecule has 4 heterocycles. The third-order valence-electron chi connectivity index (χ3n) is 4.21. The molecule has 0 saturated heterocycles. The quantitative estimate of drug-likeness (QED) is 0.726. The van der Waals surface area contributed by atoms with Crippen molar-refractivity contribution in [2.75, 3.05) is 0 Å². The first-order chi connectivity index (χ1) is 12.6. The van der Waals surface area contributed by atoms with Crippen LogP contribution in [-0.4, -0.2) is 31.3 Å². The van der Waals surface area contributed by atoms with Crippen molar-refractivity contribution in [1.82, 2.24) is 19.9 Å². The average molecular weight is 366 g/mol. The van der Waals surface area contributed by atoms with E-state index in [4.69, 9.17) is 11.6 Å². The Kier molecular flexibility index (Phi) is 4.26. The first-order valence-electron chi connectivity index (χ1n) is 8.20. The number of hydrogen-bond donors (Lipinski definition) is 2. The molecule has 0 spiro atoms. The number of H-pyrrole nitrogens is 1. The zero-order chi connectivity index (χ0) is 18.1. The molecule has 3 aromatic rings. The summed E-state index contributed by atoms with van der Waals surface area (Å²) in [5.41, 5.74) is 3.16. The van der Waals surface area contributed by atoms with Crippen LogP contribution in [0.2, 0.25) is 5.02 Å². The van der Waals surface area contributed by atoms with Crippen LogP contribution in [0.5, 0.6) is 5.88 Å². The summed E-state index contributed by atoms with van der Waals surface area (Å²) in [6.07, 6.45) is 7.56. The van der Waals surface area contributed by atoms with Gasteiger partial charge in [-0.25, -0.2) is 9.98 Å². The molecule has 0 radical (unpaired) electrons. The van der Waals surface area contributed by atoms with Crippen LogP contribution in [0.15, 0.2) is 41.7 Å². The molecule has 3 aromatic heterocycles. The molecule has 0 saturated carbocycles. The molecule has 2 N–H and O–H groups in total. The SMILES string of the molecule is CC(Cc1ccccn1)c1nc(O)c(C=C2C=Nc3ncc(Cl)cc32)[nH]1. The number of nitrogens with one attached hydrogen (secondary N) is 1. The molecule has 4 rings (SSSR count). The highest BCUT2D eigenvalue weighted by molar-refractivity contribution is 6.31. The van der Waals surface area contributed by atoms with E-state index >= 15 is 0 Å². The number of pyridine rings is 2. The van der Waals surface area contributed by atoms with Gasteiger partial charge < -0.3 is 10.1 Å². The predicted octanol–water partition coefficient (Wildman–Crippen LogP) is 4.16. The first-order valence-corrected chi connectivity index (χ1v) is 8.58. The Bertz CT molecular complexity index is 1010. The fraction of sp³-hybridized carbons (Fsp3) is 0.158. The summed E-state index contributed by atoms with van der Waals surface area (Å²) in [6, 6.07) is 7.63. The van der Waals surface area contributed by atoms with Gasteiger partial charge >= 0.3 is 0 Å². The van der Waals surface area contributed by atoms with Gasteiger partial charge in [0.1, 0.15) is 11.5 Å². The molecule has 1 atom stereocenters. The van der Waals surface area contributed by atoms with Gasteiger partial charge in [0.25, 0.3) is 0 Å². The molecular weight excluding hydrogens is 350 g/mol. The van der Waals surface area contributed by atoms with E-state index in [1.165, 1.54) is 0 Å². The van der Waals surface area contributed by atoms with E-state index in [1.807, 2.05) is 25.1 Å². The lowest BCUT2D eigenvalue weighted by atomic mass is 10.0. The van der Waals surface area contributed by atoms with Crippen LogP contribution in [-0.2, 0) is 6.42 Å². The number of fused-ring (bicyclic) bond motifs is 1. The summed E-state index contributed by atoms with van der Waals surface area (Å²) in [5.74, 6) is 1.36. The molecule has 0 bridgehead atoms. The second kappa shape index (κ2) is 6.72. The molecule has 0 aromatic carbocycles. The molecule has 1 aliphatic heterocycles. The number of nitrogens with zero attached hydrogens (tertiary/aromatic N) is 4. The lowest BCUT2D eigenvalue weighted by molar-refractivity contribution is 0.453. The van der Waals surface area contributed by atoms with E-state index in [9.17, 15) is 5.11 Å². The van der Waals surface area contributed by atoms with E-state index in [1.54, 1.807) is 30.8 Å². The lowest BCUT2D eigenvalue weighted by Crippen LogP contribution is -2.02. The van der Waals surface area contributed by atoms with Crippen LogP contribution in [0.25, 0.3) is 11.6 Å². The number of halogens is 1. The van der Waals surface area contributed by atoms with Crippen molar-refractivity contribution in [1.29, 1.82) is 0 Å². The number of aliphatic imine (C=N–C) groups is 1. The summed E-state index contributed by atoms with van der Waals surface area (Å²) in [6.45, 7) is 2.04. The Morgan fingerprint density at radius 2 is 2.19 bits per heavy atom. The average Bonchev–Trinajstić information content (AvgIpc) is 3.20. The van der Waals surface area contributed by atoms with Crippen molar-refractivity contribution >= 4 is 35.3 Å². The minimum atomic E-state index is -0.0443. The van der Waals surface area contributed by atoms with Crippen molar-refractivity contribution in [3.8, 4) is 5.88 Å². The summed E-state index contributed by atoms with van der Waals surface area (Å²) in [5, 5.41) is 10.8. The van der Waals surface area contributed by atoms with Gasteiger partial charge in [-0.3, -0.25) is 4.98 Å². The van der Waals surface area contributed by atoms with Gasteiger partial charge in [0, 0.05) is 41.4 Å². The largest absolute Gasteiger partial charge is 0.492 e. The summed E-state index contributed by atoms with van der Waals surface area (Å²) >= 11 is 6.02. The second-order valence-electron chi connectivity index (χ2n) is 6.17. The van der Waals surface area contributed by atoms with Gasteiger partial charge in [-0.1, -0.05) is 24.6 Å². The van der Waals surface area contributed by atoms with Gasteiger partial charge in [-0.05, 0) is 30.7 Å². The molecule has 0 aliphatic carbocycles. The van der Waals surface area contributed by atoms with Gasteiger partial charge in [0.05, 0.1) is 5.02 Å². The van der Waals surface area contributed by atoms with Crippen molar-refractivity contribution in [3.05, 3.63) is 64.5 Å². The highest BCUT2D eigenvalue weighted by atomic mass is 35.5. The van der Waals surface area contributed by atoms with Crippen LogP contribution in [0, 0.1) is 0 Å². The summed E-state index contributed by atoms with van der Waals surface area (Å²) < 4.78 is 0. The van der Waals surface area contributed by atoms with Gasteiger partial charge in [-0.15, -0.1) is 0 Å². The molecule has 1 unspecified atom stereocenters. The molecule has 1 aliphatic rings. The Morgan fingerprint density at radius 3 is 3.00 bits per heavy atom. The smallest absolute Gasteiger partial charge is 0.237 e. The molecule has 130 valence electrons. The molecule has 0 amide bonds. The van der Waals surface area contributed by atoms with Crippen LogP contribution < -0.4 is 0 Å².